The molecule has 3 aromatic rings. The van der Waals surface area contributed by atoms with Gasteiger partial charge in [-0.3, -0.25) is 14.0 Å². The molecular weight excluding hydrogens is 438 g/mol. The summed E-state index contributed by atoms with van der Waals surface area (Å²) in [7, 11) is 5.79. The molecule has 0 aliphatic carbocycles. The van der Waals surface area contributed by atoms with Crippen molar-refractivity contribution in [1.29, 1.82) is 0 Å². The summed E-state index contributed by atoms with van der Waals surface area (Å²) in [5.74, 6) is -0.460. The number of hydrogen-bond donors (Lipinski definition) is 0. The van der Waals surface area contributed by atoms with E-state index in [2.05, 4.69) is 10.1 Å². The minimum atomic E-state index is -0.617. The highest BCUT2D eigenvalue weighted by atomic mass is 32.1. The van der Waals surface area contributed by atoms with Crippen LogP contribution in [0.15, 0.2) is 51.5 Å². The number of carbonyl (C=O) groups excluding carboxylic acids is 1. The third-order valence-electron chi connectivity index (χ3n) is 5.80. The van der Waals surface area contributed by atoms with Crippen molar-refractivity contribution in [2.24, 2.45) is 12.0 Å². The molecule has 0 N–H and O–H groups in total. The van der Waals surface area contributed by atoms with Crippen molar-refractivity contribution in [3.8, 4) is 0 Å². The molecule has 0 saturated heterocycles. The molecule has 0 unspecified atom stereocenters. The molecule has 0 amide bonds. The van der Waals surface area contributed by atoms with Gasteiger partial charge in [0, 0.05) is 38.1 Å². The van der Waals surface area contributed by atoms with Gasteiger partial charge in [0.2, 0.25) is 0 Å². The van der Waals surface area contributed by atoms with Crippen LogP contribution < -0.4 is 19.8 Å². The van der Waals surface area contributed by atoms with E-state index in [1.165, 1.54) is 11.3 Å². The number of benzene rings is 1. The molecule has 8 nitrogen and oxygen atoms in total. The van der Waals surface area contributed by atoms with Crippen molar-refractivity contribution >= 4 is 29.1 Å². The van der Waals surface area contributed by atoms with E-state index in [9.17, 15) is 9.59 Å². The monoisotopic (exact) mass is 465 g/mol. The summed E-state index contributed by atoms with van der Waals surface area (Å²) in [4.78, 5) is 33.7. The van der Waals surface area contributed by atoms with E-state index in [0.717, 1.165) is 22.5 Å². The Labute approximate surface area is 195 Å². The smallest absolute Gasteiger partial charge is 0.338 e. The van der Waals surface area contributed by atoms with Crippen molar-refractivity contribution in [1.82, 2.24) is 14.3 Å². The Morgan fingerprint density at radius 2 is 1.94 bits per heavy atom. The fourth-order valence-corrected chi connectivity index (χ4v) is 4.90. The first-order valence-corrected chi connectivity index (χ1v) is 11.5. The minimum absolute atomic E-state index is 0.196. The zero-order valence-corrected chi connectivity index (χ0v) is 20.4. The lowest BCUT2D eigenvalue weighted by molar-refractivity contribution is -0.139. The van der Waals surface area contributed by atoms with Crippen LogP contribution in [-0.4, -0.2) is 41.0 Å². The zero-order valence-electron chi connectivity index (χ0n) is 19.6. The number of aromatic nitrogens is 3. The lowest BCUT2D eigenvalue weighted by atomic mass is 9.95. The van der Waals surface area contributed by atoms with Gasteiger partial charge < -0.3 is 9.64 Å². The molecular formula is C24H27N5O3S. The predicted octanol–water partition coefficient (Wildman–Crippen LogP) is 1.91. The number of anilines is 1. The van der Waals surface area contributed by atoms with Crippen LogP contribution >= 0.6 is 11.3 Å². The molecule has 172 valence electrons. The van der Waals surface area contributed by atoms with E-state index in [0.29, 0.717) is 20.6 Å². The Bertz CT molecular complexity index is 1420. The lowest BCUT2D eigenvalue weighted by Crippen LogP contribution is -2.40. The average molecular weight is 466 g/mol. The molecule has 2 aromatic heterocycles. The van der Waals surface area contributed by atoms with E-state index >= 15 is 0 Å². The fraction of sp³-hybridized carbons (Fsp3) is 0.333. The number of nitrogens with zero attached hydrogens (tertiary/aromatic N) is 5. The second-order valence-electron chi connectivity index (χ2n) is 8.10. The number of thiazole rings is 1. The summed E-state index contributed by atoms with van der Waals surface area (Å²) in [6.07, 6.45) is 3.57. The Morgan fingerprint density at radius 1 is 1.24 bits per heavy atom. The number of ether oxygens (including phenoxy) is 1. The Morgan fingerprint density at radius 3 is 2.52 bits per heavy atom. The topological polar surface area (TPSA) is 81.7 Å². The van der Waals surface area contributed by atoms with E-state index in [1.54, 1.807) is 29.3 Å². The van der Waals surface area contributed by atoms with Crippen molar-refractivity contribution in [3.05, 3.63) is 78.2 Å². The van der Waals surface area contributed by atoms with E-state index in [-0.39, 0.29) is 12.2 Å². The molecule has 1 aliphatic rings. The van der Waals surface area contributed by atoms with Crippen LogP contribution in [0.2, 0.25) is 0 Å². The van der Waals surface area contributed by atoms with Crippen LogP contribution in [0, 0.1) is 6.92 Å². The number of carbonyl (C=O) groups is 1. The van der Waals surface area contributed by atoms with Crippen LogP contribution in [-0.2, 0) is 16.6 Å². The maximum atomic E-state index is 13.6. The number of esters is 1. The van der Waals surface area contributed by atoms with Gasteiger partial charge in [0.25, 0.3) is 5.56 Å². The molecule has 0 fully saturated rings. The minimum Gasteiger partial charge on any atom is -0.463 e. The van der Waals surface area contributed by atoms with Gasteiger partial charge in [0.15, 0.2) is 4.80 Å². The van der Waals surface area contributed by atoms with Gasteiger partial charge in [-0.05, 0) is 44.5 Å². The number of rotatable bonds is 5. The van der Waals surface area contributed by atoms with Gasteiger partial charge >= 0.3 is 5.97 Å². The molecule has 33 heavy (non-hydrogen) atoms. The molecule has 1 aliphatic heterocycles. The van der Waals surface area contributed by atoms with Crippen LogP contribution in [0.3, 0.4) is 0 Å². The van der Waals surface area contributed by atoms with Gasteiger partial charge in [-0.2, -0.15) is 5.10 Å². The standard InChI is InChI=1S/C24H27N5O3S/c1-7-32-23(31)20-14(2)26-24-29(21(20)16-8-10-18(11-9-16)27(4)5)22(30)19(33-24)12-17-13-25-28(6)15(17)3/h8-13,21H,7H2,1-6H3/b19-12-/t21-/m1/s1. The molecule has 0 bridgehead atoms. The molecule has 1 atom stereocenters. The third-order valence-corrected chi connectivity index (χ3v) is 6.79. The normalized spacial score (nSPS) is 15.9. The first kappa shape index (κ1) is 22.7. The second-order valence-corrected chi connectivity index (χ2v) is 9.11. The van der Waals surface area contributed by atoms with Gasteiger partial charge in [-0.25, -0.2) is 9.79 Å². The van der Waals surface area contributed by atoms with Crippen molar-refractivity contribution in [3.63, 3.8) is 0 Å². The van der Waals surface area contributed by atoms with Crippen molar-refractivity contribution < 1.29 is 9.53 Å². The maximum absolute atomic E-state index is 13.6. The second kappa shape index (κ2) is 8.82. The first-order valence-electron chi connectivity index (χ1n) is 10.7. The van der Waals surface area contributed by atoms with Gasteiger partial charge in [0.05, 0.1) is 34.6 Å². The third kappa shape index (κ3) is 4.04. The average Bonchev–Trinajstić information content (AvgIpc) is 3.26. The highest BCUT2D eigenvalue weighted by Crippen LogP contribution is 2.31. The predicted molar refractivity (Wildman–Crippen MR) is 129 cm³/mol. The van der Waals surface area contributed by atoms with Gasteiger partial charge in [-0.1, -0.05) is 23.5 Å². The Kier molecular flexibility index (Phi) is 6.07. The summed E-state index contributed by atoms with van der Waals surface area (Å²) in [6, 6.07) is 7.22. The van der Waals surface area contributed by atoms with E-state index in [1.807, 2.05) is 63.3 Å². The molecule has 0 saturated carbocycles. The summed E-state index contributed by atoms with van der Waals surface area (Å²) in [6.45, 7) is 5.75. The number of aryl methyl sites for hydroxylation is 1. The largest absolute Gasteiger partial charge is 0.463 e. The van der Waals surface area contributed by atoms with E-state index < -0.39 is 12.0 Å². The lowest BCUT2D eigenvalue weighted by Gasteiger charge is -2.25. The summed E-state index contributed by atoms with van der Waals surface area (Å²) in [5, 5.41) is 4.26. The fourth-order valence-electron chi connectivity index (χ4n) is 3.86. The first-order chi connectivity index (χ1) is 15.7. The van der Waals surface area contributed by atoms with Crippen molar-refractivity contribution in [2.75, 3.05) is 25.6 Å². The SMILES string of the molecule is CCOC(=O)C1=C(C)N=c2s/c(=C\c3cnn(C)c3C)c(=O)n2[C@@H]1c1ccc(N(C)C)cc1. The molecule has 0 spiro atoms. The molecule has 9 heteroatoms. The van der Waals surface area contributed by atoms with Crippen molar-refractivity contribution in [2.45, 2.75) is 26.8 Å². The van der Waals surface area contributed by atoms with Crippen LogP contribution in [0.5, 0.6) is 0 Å². The highest BCUT2D eigenvalue weighted by Gasteiger charge is 2.33. The van der Waals surface area contributed by atoms with E-state index in [4.69, 9.17) is 4.74 Å². The highest BCUT2D eigenvalue weighted by molar-refractivity contribution is 7.07. The molecule has 1 aromatic carbocycles. The summed E-state index contributed by atoms with van der Waals surface area (Å²) < 4.78 is 9.25. The molecule has 3 heterocycles. The van der Waals surface area contributed by atoms with Crippen LogP contribution in [0.1, 0.15) is 36.7 Å². The van der Waals surface area contributed by atoms with Gasteiger partial charge in [-0.15, -0.1) is 0 Å². The Hall–Kier alpha value is -3.46. The summed E-state index contributed by atoms with van der Waals surface area (Å²) in [5.41, 5.74) is 4.42. The zero-order chi connectivity index (χ0) is 23.9. The van der Waals surface area contributed by atoms with Crippen LogP contribution in [0.4, 0.5) is 5.69 Å². The summed E-state index contributed by atoms with van der Waals surface area (Å²) >= 11 is 1.31. The van der Waals surface area contributed by atoms with Crippen LogP contribution in [0.25, 0.3) is 6.08 Å². The molecule has 0 radical (unpaired) electrons. The van der Waals surface area contributed by atoms with Gasteiger partial charge in [0.1, 0.15) is 0 Å². The Balaban J connectivity index is 1.95. The number of allylic oxidation sites excluding steroid dienone is 1. The number of hydrogen-bond acceptors (Lipinski definition) is 7. The maximum Gasteiger partial charge on any atom is 0.338 e. The quantitative estimate of drug-likeness (QED) is 0.538. The molecule has 4 rings (SSSR count). The number of fused-ring (bicyclic) bond motifs is 1.